The van der Waals surface area contributed by atoms with Gasteiger partial charge < -0.3 is 16.4 Å². The monoisotopic (exact) mass is 458 g/mol. The van der Waals surface area contributed by atoms with Gasteiger partial charge >= 0.3 is 0 Å². The number of nitrogens with zero attached hydrogens (tertiary/aromatic N) is 3. The number of unbranched alkanes of at least 4 members (excludes halogenated alkanes) is 1. The van der Waals surface area contributed by atoms with Crippen molar-refractivity contribution in [3.8, 4) is 11.3 Å². The first-order valence-electron chi connectivity index (χ1n) is 11.8. The lowest BCUT2D eigenvalue weighted by Gasteiger charge is -2.11. The maximum absolute atomic E-state index is 12.4. The van der Waals surface area contributed by atoms with Gasteiger partial charge in [-0.15, -0.1) is 0 Å². The first-order chi connectivity index (χ1) is 16.6. The lowest BCUT2D eigenvalue weighted by atomic mass is 10.1. The highest BCUT2D eigenvalue weighted by molar-refractivity contribution is 5.96. The maximum Gasteiger partial charge on any atom is 0.251 e. The standard InChI is InChI=1S/C25H28N6O.C2H6/c1-17-5-7-19(8-6-17)22-16-29-24-23(27-13-14-31(22)24)30-20-9-10-21(18(2)15-20)25(32)28-12-4-3-11-26;1-2/h5-10,13-16H,3-4,11-12,26H2,1-2H3,(H,27,30)(H,28,32);1-2H3. The minimum absolute atomic E-state index is 0.0673. The minimum atomic E-state index is -0.0673. The van der Waals surface area contributed by atoms with Gasteiger partial charge in [-0.2, -0.15) is 0 Å². The van der Waals surface area contributed by atoms with E-state index in [2.05, 4.69) is 51.8 Å². The smallest absolute Gasteiger partial charge is 0.251 e. The lowest BCUT2D eigenvalue weighted by molar-refractivity contribution is 0.0952. The number of carbonyl (C=O) groups excluding carboxylic acids is 1. The van der Waals surface area contributed by atoms with Gasteiger partial charge in [-0.3, -0.25) is 9.20 Å². The quantitative estimate of drug-likeness (QED) is 0.313. The molecule has 0 radical (unpaired) electrons. The Morgan fingerprint density at radius 3 is 2.50 bits per heavy atom. The van der Waals surface area contributed by atoms with E-state index >= 15 is 0 Å². The molecule has 1 amide bonds. The first kappa shape index (κ1) is 24.9. The predicted octanol–water partition coefficient (Wildman–Crippen LogP) is 5.25. The zero-order valence-corrected chi connectivity index (χ0v) is 20.4. The fourth-order valence-electron chi connectivity index (χ4n) is 3.64. The van der Waals surface area contributed by atoms with Crippen molar-refractivity contribution in [1.29, 1.82) is 0 Å². The summed E-state index contributed by atoms with van der Waals surface area (Å²) in [5.41, 5.74) is 12.0. The molecule has 0 aliphatic rings. The third-order valence-electron chi connectivity index (χ3n) is 5.43. The van der Waals surface area contributed by atoms with Crippen LogP contribution in [0.4, 0.5) is 11.5 Å². The molecule has 0 unspecified atom stereocenters. The summed E-state index contributed by atoms with van der Waals surface area (Å²) < 4.78 is 2.02. The van der Waals surface area contributed by atoms with E-state index in [0.29, 0.717) is 24.5 Å². The molecule has 0 atom stereocenters. The van der Waals surface area contributed by atoms with E-state index in [9.17, 15) is 4.79 Å². The van der Waals surface area contributed by atoms with Crippen LogP contribution in [-0.4, -0.2) is 33.4 Å². The van der Waals surface area contributed by atoms with Crippen molar-refractivity contribution in [3.05, 3.63) is 77.7 Å². The molecule has 2 aromatic carbocycles. The Morgan fingerprint density at radius 1 is 1.03 bits per heavy atom. The van der Waals surface area contributed by atoms with E-state index in [1.165, 1.54) is 5.56 Å². The van der Waals surface area contributed by atoms with Gasteiger partial charge in [0.15, 0.2) is 11.5 Å². The van der Waals surface area contributed by atoms with Crippen molar-refractivity contribution in [1.82, 2.24) is 19.7 Å². The number of imidazole rings is 1. The second-order valence-electron chi connectivity index (χ2n) is 7.89. The highest BCUT2D eigenvalue weighted by Crippen LogP contribution is 2.26. The Kier molecular flexibility index (Phi) is 8.76. The van der Waals surface area contributed by atoms with Crippen LogP contribution in [0.5, 0.6) is 0 Å². The Bertz CT molecular complexity index is 1230. The van der Waals surface area contributed by atoms with Crippen LogP contribution in [0, 0.1) is 13.8 Å². The maximum atomic E-state index is 12.4. The van der Waals surface area contributed by atoms with E-state index in [1.807, 2.05) is 55.8 Å². The summed E-state index contributed by atoms with van der Waals surface area (Å²) in [6, 6.07) is 14.0. The number of aromatic nitrogens is 3. The topological polar surface area (TPSA) is 97.3 Å². The van der Waals surface area contributed by atoms with Crippen molar-refractivity contribution in [2.24, 2.45) is 5.73 Å². The summed E-state index contributed by atoms with van der Waals surface area (Å²) in [6.07, 6.45) is 7.30. The number of nitrogens with two attached hydrogens (primary N) is 1. The molecule has 4 N–H and O–H groups in total. The van der Waals surface area contributed by atoms with Gasteiger partial charge in [-0.25, -0.2) is 9.97 Å². The predicted molar refractivity (Wildman–Crippen MR) is 140 cm³/mol. The van der Waals surface area contributed by atoms with E-state index < -0.39 is 0 Å². The normalized spacial score (nSPS) is 10.5. The Labute approximate surface area is 201 Å². The van der Waals surface area contributed by atoms with Crippen molar-refractivity contribution in [3.63, 3.8) is 0 Å². The summed E-state index contributed by atoms with van der Waals surface area (Å²) in [5.74, 6) is 0.589. The third-order valence-corrected chi connectivity index (χ3v) is 5.43. The van der Waals surface area contributed by atoms with Crippen molar-refractivity contribution in [2.45, 2.75) is 40.5 Å². The van der Waals surface area contributed by atoms with Crippen molar-refractivity contribution >= 4 is 23.1 Å². The van der Waals surface area contributed by atoms with Crippen LogP contribution in [0.25, 0.3) is 16.9 Å². The average molecular weight is 459 g/mol. The van der Waals surface area contributed by atoms with Crippen LogP contribution in [0.1, 0.15) is 48.2 Å². The molecular weight excluding hydrogens is 424 g/mol. The largest absolute Gasteiger partial charge is 0.352 e. The summed E-state index contributed by atoms with van der Waals surface area (Å²) in [7, 11) is 0. The van der Waals surface area contributed by atoms with E-state index in [4.69, 9.17) is 5.73 Å². The SMILES string of the molecule is CC.Cc1ccc(-c2cnc3c(Nc4ccc(C(=O)NCCCCN)c(C)c4)nccn23)cc1. The van der Waals surface area contributed by atoms with Gasteiger partial charge in [0.2, 0.25) is 0 Å². The van der Waals surface area contributed by atoms with E-state index in [0.717, 1.165) is 41.0 Å². The summed E-state index contributed by atoms with van der Waals surface area (Å²) >= 11 is 0. The number of hydrogen-bond acceptors (Lipinski definition) is 5. The van der Waals surface area contributed by atoms with Gasteiger partial charge in [-0.1, -0.05) is 43.7 Å². The molecule has 0 aliphatic heterocycles. The number of aryl methyl sites for hydroxylation is 2. The van der Waals surface area contributed by atoms with Crippen LogP contribution in [0.15, 0.2) is 61.1 Å². The van der Waals surface area contributed by atoms with Gasteiger partial charge in [0.25, 0.3) is 5.91 Å². The van der Waals surface area contributed by atoms with Gasteiger partial charge in [0.05, 0.1) is 11.9 Å². The number of benzene rings is 2. The zero-order chi connectivity index (χ0) is 24.5. The molecule has 7 heteroatoms. The average Bonchev–Trinajstić information content (AvgIpc) is 3.29. The number of fused-ring (bicyclic) bond motifs is 1. The summed E-state index contributed by atoms with van der Waals surface area (Å²) in [4.78, 5) is 21.5. The van der Waals surface area contributed by atoms with Crippen LogP contribution >= 0.6 is 0 Å². The van der Waals surface area contributed by atoms with Crippen LogP contribution < -0.4 is 16.4 Å². The lowest BCUT2D eigenvalue weighted by Crippen LogP contribution is -2.25. The van der Waals surface area contributed by atoms with E-state index in [-0.39, 0.29) is 5.91 Å². The molecule has 0 bridgehead atoms. The molecule has 7 nitrogen and oxygen atoms in total. The second-order valence-corrected chi connectivity index (χ2v) is 7.89. The van der Waals surface area contributed by atoms with Crippen molar-refractivity contribution in [2.75, 3.05) is 18.4 Å². The van der Waals surface area contributed by atoms with Crippen LogP contribution in [0.2, 0.25) is 0 Å². The molecule has 178 valence electrons. The molecule has 0 spiro atoms. The Morgan fingerprint density at radius 2 is 1.79 bits per heavy atom. The molecular formula is C27H34N6O. The zero-order valence-electron chi connectivity index (χ0n) is 20.4. The van der Waals surface area contributed by atoms with Gasteiger partial charge in [0, 0.05) is 35.8 Å². The fourth-order valence-corrected chi connectivity index (χ4v) is 3.64. The number of hydrogen-bond donors (Lipinski definition) is 3. The minimum Gasteiger partial charge on any atom is -0.352 e. The summed E-state index contributed by atoms with van der Waals surface area (Å²) in [5, 5.41) is 6.30. The Hall–Kier alpha value is -3.71. The summed E-state index contributed by atoms with van der Waals surface area (Å²) in [6.45, 7) is 9.27. The first-order valence-corrected chi connectivity index (χ1v) is 11.8. The highest BCUT2D eigenvalue weighted by atomic mass is 16.1. The van der Waals surface area contributed by atoms with Gasteiger partial charge in [-0.05, 0) is 57.0 Å². The number of anilines is 2. The number of rotatable bonds is 8. The third kappa shape index (κ3) is 5.80. The number of carbonyl (C=O) groups is 1. The number of amides is 1. The molecule has 0 fully saturated rings. The molecule has 34 heavy (non-hydrogen) atoms. The number of nitrogens with one attached hydrogen (secondary N) is 2. The molecule has 4 rings (SSSR count). The second kappa shape index (κ2) is 12.0. The fraction of sp³-hybridized carbons (Fsp3) is 0.296. The molecule has 4 aromatic rings. The molecule has 2 aromatic heterocycles. The van der Waals surface area contributed by atoms with E-state index in [1.54, 1.807) is 6.20 Å². The highest BCUT2D eigenvalue weighted by Gasteiger charge is 2.13. The van der Waals surface area contributed by atoms with Crippen LogP contribution in [-0.2, 0) is 0 Å². The molecule has 0 aliphatic carbocycles. The van der Waals surface area contributed by atoms with Crippen molar-refractivity contribution < 1.29 is 4.79 Å². The molecule has 0 saturated carbocycles. The molecule has 2 heterocycles. The molecule has 0 saturated heterocycles. The van der Waals surface area contributed by atoms with Gasteiger partial charge in [0.1, 0.15) is 0 Å². The van der Waals surface area contributed by atoms with Crippen LogP contribution in [0.3, 0.4) is 0 Å². The Balaban J connectivity index is 0.00000158.